The Hall–Kier alpha value is -2.83. The monoisotopic (exact) mass is 449 g/mol. The Morgan fingerprint density at radius 3 is 2.03 bits per heavy atom. The lowest BCUT2D eigenvalue weighted by molar-refractivity contribution is 0.291. The summed E-state index contributed by atoms with van der Waals surface area (Å²) in [5.74, 6) is 0.941. The van der Waals surface area contributed by atoms with Gasteiger partial charge in [0.05, 0.1) is 23.8 Å². The number of benzene rings is 2. The third-order valence-electron chi connectivity index (χ3n) is 5.44. The molecular formula is C26H31N3O2S. The van der Waals surface area contributed by atoms with Gasteiger partial charge in [-0.2, -0.15) is 10.5 Å². The first-order valence-corrected chi connectivity index (χ1v) is 12.4. The summed E-state index contributed by atoms with van der Waals surface area (Å²) in [5, 5.41) is 23.4. The highest BCUT2D eigenvalue weighted by Crippen LogP contribution is 2.54. The van der Waals surface area contributed by atoms with Crippen LogP contribution in [0.4, 0.5) is 11.4 Å². The normalized spacial score (nSPS) is 11.5. The number of nitriles is 2. The minimum atomic E-state index is 0.248. The van der Waals surface area contributed by atoms with E-state index in [1.165, 1.54) is 0 Å². The van der Waals surface area contributed by atoms with E-state index in [4.69, 9.17) is 9.47 Å². The second-order valence-corrected chi connectivity index (χ2v) is 8.93. The molecule has 0 amide bonds. The number of para-hydroxylation sites is 1. The number of hydrogen-bond acceptors (Lipinski definition) is 6. The predicted octanol–water partition coefficient (Wildman–Crippen LogP) is 7.56. The van der Waals surface area contributed by atoms with Gasteiger partial charge in [0.2, 0.25) is 0 Å². The van der Waals surface area contributed by atoms with Crippen LogP contribution in [0.3, 0.4) is 0 Å². The van der Waals surface area contributed by atoms with Crippen molar-refractivity contribution < 1.29 is 9.47 Å². The van der Waals surface area contributed by atoms with Crippen LogP contribution in [0, 0.1) is 22.7 Å². The molecule has 2 aromatic carbocycles. The molecule has 0 bridgehead atoms. The Labute approximate surface area is 195 Å². The van der Waals surface area contributed by atoms with E-state index in [2.05, 4.69) is 31.3 Å². The molecule has 0 spiro atoms. The van der Waals surface area contributed by atoms with Crippen molar-refractivity contribution in [1.82, 2.24) is 0 Å². The van der Waals surface area contributed by atoms with Gasteiger partial charge in [-0.3, -0.25) is 0 Å². The minimum Gasteiger partial charge on any atom is -0.491 e. The average Bonchev–Trinajstić information content (AvgIpc) is 2.82. The van der Waals surface area contributed by atoms with Crippen LogP contribution in [0.5, 0.6) is 11.5 Å². The van der Waals surface area contributed by atoms with Crippen molar-refractivity contribution in [2.45, 2.75) is 75.0 Å². The van der Waals surface area contributed by atoms with Crippen molar-refractivity contribution in [3.63, 3.8) is 0 Å². The summed E-state index contributed by atoms with van der Waals surface area (Å²) >= 11 is 1.56. The summed E-state index contributed by atoms with van der Waals surface area (Å²) in [7, 11) is 0. The molecular weight excluding hydrogens is 418 g/mol. The van der Waals surface area contributed by atoms with Gasteiger partial charge in [-0.15, -0.1) is 0 Å². The molecule has 0 saturated heterocycles. The van der Waals surface area contributed by atoms with Gasteiger partial charge in [-0.05, 0) is 25.0 Å². The van der Waals surface area contributed by atoms with Crippen LogP contribution < -0.4 is 14.8 Å². The zero-order valence-corrected chi connectivity index (χ0v) is 19.8. The van der Waals surface area contributed by atoms with Crippen molar-refractivity contribution in [2.75, 3.05) is 18.5 Å². The van der Waals surface area contributed by atoms with Crippen molar-refractivity contribution in [1.29, 1.82) is 10.5 Å². The van der Waals surface area contributed by atoms with E-state index in [9.17, 15) is 10.5 Å². The van der Waals surface area contributed by atoms with Gasteiger partial charge < -0.3 is 14.8 Å². The Kier molecular flexibility index (Phi) is 9.13. The summed E-state index contributed by atoms with van der Waals surface area (Å²) in [6, 6.07) is 12.4. The van der Waals surface area contributed by atoms with Crippen LogP contribution in [0.1, 0.15) is 76.3 Å². The van der Waals surface area contributed by atoms with E-state index in [1.807, 2.05) is 24.3 Å². The molecule has 1 aliphatic heterocycles. The van der Waals surface area contributed by atoms with Crippen LogP contribution >= 0.6 is 11.8 Å². The molecule has 6 heteroatoms. The van der Waals surface area contributed by atoms with Crippen LogP contribution in [0.25, 0.3) is 0 Å². The lowest BCUT2D eigenvalue weighted by atomic mass is 10.0. The Balaban J connectivity index is 1.99. The number of hydrogen-bond donors (Lipinski definition) is 1. The lowest BCUT2D eigenvalue weighted by Crippen LogP contribution is -2.11. The molecule has 0 atom stereocenters. The van der Waals surface area contributed by atoms with Crippen LogP contribution in [0.2, 0.25) is 0 Å². The zero-order chi connectivity index (χ0) is 22.8. The fourth-order valence-corrected chi connectivity index (χ4v) is 4.79. The molecule has 5 nitrogen and oxygen atoms in total. The molecule has 1 N–H and O–H groups in total. The molecule has 0 saturated carbocycles. The van der Waals surface area contributed by atoms with Crippen LogP contribution in [-0.2, 0) is 0 Å². The largest absolute Gasteiger partial charge is 0.491 e. The average molecular weight is 450 g/mol. The maximum absolute atomic E-state index is 9.97. The van der Waals surface area contributed by atoms with Gasteiger partial charge in [-0.25, -0.2) is 0 Å². The summed E-state index contributed by atoms with van der Waals surface area (Å²) in [4.78, 5) is 1.87. The van der Waals surface area contributed by atoms with E-state index >= 15 is 0 Å². The highest BCUT2D eigenvalue weighted by Gasteiger charge is 2.30. The van der Waals surface area contributed by atoms with Crippen LogP contribution in [-0.4, -0.2) is 13.2 Å². The smallest absolute Gasteiger partial charge is 0.163 e. The summed E-state index contributed by atoms with van der Waals surface area (Å²) < 4.78 is 12.3. The van der Waals surface area contributed by atoms with E-state index in [-0.39, 0.29) is 11.1 Å². The molecule has 3 rings (SSSR count). The van der Waals surface area contributed by atoms with Crippen molar-refractivity contribution in [3.05, 3.63) is 35.4 Å². The Morgan fingerprint density at radius 1 is 0.812 bits per heavy atom. The topological polar surface area (TPSA) is 78.1 Å². The number of anilines is 2. The SMILES string of the molecule is CCCCCCOc1c(C#N)c(C#N)c(OCCCCCC)c2c1Nc1ccccc1S2. The first kappa shape index (κ1) is 23.8. The third kappa shape index (κ3) is 5.50. The van der Waals surface area contributed by atoms with Crippen molar-refractivity contribution >= 4 is 23.1 Å². The summed E-state index contributed by atoms with van der Waals surface area (Å²) in [6.45, 7) is 5.37. The predicted molar refractivity (Wildman–Crippen MR) is 129 cm³/mol. The number of unbranched alkanes of at least 4 members (excludes halogenated alkanes) is 6. The highest BCUT2D eigenvalue weighted by atomic mass is 32.2. The first-order valence-electron chi connectivity index (χ1n) is 11.6. The molecule has 0 radical (unpaired) electrons. The summed E-state index contributed by atoms with van der Waals surface area (Å²) in [5.41, 5.74) is 2.20. The molecule has 1 aliphatic rings. The quantitative estimate of drug-likeness (QED) is 0.287. The van der Waals surface area contributed by atoms with E-state index in [1.54, 1.807) is 11.8 Å². The number of fused-ring (bicyclic) bond motifs is 2. The minimum absolute atomic E-state index is 0.248. The number of nitrogens with zero attached hydrogens (tertiary/aromatic N) is 2. The number of nitrogens with one attached hydrogen (secondary N) is 1. The van der Waals surface area contributed by atoms with Gasteiger partial charge in [0.25, 0.3) is 0 Å². The molecule has 0 fully saturated rings. The van der Waals surface area contributed by atoms with E-state index in [0.29, 0.717) is 24.7 Å². The third-order valence-corrected chi connectivity index (χ3v) is 6.60. The maximum atomic E-state index is 9.97. The molecule has 0 aromatic heterocycles. The fraction of sp³-hybridized carbons (Fsp3) is 0.462. The highest BCUT2D eigenvalue weighted by molar-refractivity contribution is 7.99. The second-order valence-electron chi connectivity index (χ2n) is 7.88. The van der Waals surface area contributed by atoms with E-state index in [0.717, 1.165) is 72.5 Å². The Bertz CT molecular complexity index is 928. The van der Waals surface area contributed by atoms with Gasteiger partial charge >= 0.3 is 0 Å². The van der Waals surface area contributed by atoms with Gasteiger partial charge in [0.15, 0.2) is 11.5 Å². The second kappa shape index (κ2) is 12.3. The lowest BCUT2D eigenvalue weighted by Gasteiger charge is -2.27. The van der Waals surface area contributed by atoms with Gasteiger partial charge in [-0.1, -0.05) is 76.3 Å². The van der Waals surface area contributed by atoms with Crippen molar-refractivity contribution in [3.8, 4) is 23.6 Å². The zero-order valence-electron chi connectivity index (χ0n) is 19.0. The van der Waals surface area contributed by atoms with Crippen LogP contribution in [0.15, 0.2) is 34.1 Å². The molecule has 0 unspecified atom stereocenters. The summed E-state index contributed by atoms with van der Waals surface area (Å²) in [6.07, 6.45) is 8.60. The molecule has 2 aromatic rings. The first-order chi connectivity index (χ1) is 15.7. The molecule has 168 valence electrons. The van der Waals surface area contributed by atoms with E-state index < -0.39 is 0 Å². The molecule has 32 heavy (non-hydrogen) atoms. The standard InChI is InChI=1S/C26H31N3O2S/c1-3-5-7-11-15-30-24-19(17-27)20(18-28)25(31-16-12-8-6-4-2)26-23(24)29-21-13-9-10-14-22(21)32-26/h9-10,13-14,29H,3-8,11-12,15-16H2,1-2H3. The van der Waals surface area contributed by atoms with Crippen molar-refractivity contribution in [2.24, 2.45) is 0 Å². The fourth-order valence-electron chi connectivity index (χ4n) is 3.70. The molecule has 0 aliphatic carbocycles. The molecule has 1 heterocycles. The number of ether oxygens (including phenoxy) is 2. The maximum Gasteiger partial charge on any atom is 0.163 e. The number of rotatable bonds is 12. The van der Waals surface area contributed by atoms with Gasteiger partial charge in [0, 0.05) is 4.90 Å². The van der Waals surface area contributed by atoms with Gasteiger partial charge in [0.1, 0.15) is 29.0 Å². The Morgan fingerprint density at radius 2 is 1.41 bits per heavy atom.